The fraction of sp³-hybridized carbons (Fsp3) is 0.176. The third-order valence-electron chi connectivity index (χ3n) is 22.7. The van der Waals surface area contributed by atoms with Gasteiger partial charge in [0.1, 0.15) is 29.1 Å². The third-order valence-corrected chi connectivity index (χ3v) is 25.1. The third kappa shape index (κ3) is 27.5. The van der Waals surface area contributed by atoms with E-state index in [1.165, 1.54) is 24.3 Å². The van der Waals surface area contributed by atoms with Crippen LogP contribution in [0.1, 0.15) is 110 Å². The number of nitrogens with one attached hydrogen (secondary N) is 6. The Balaban J connectivity index is 0.000000149. The van der Waals surface area contributed by atoms with Crippen molar-refractivity contribution in [2.45, 2.75) is 81.9 Å². The Morgan fingerprint density at radius 2 is 0.628 bits per heavy atom. The number of nitro benzene ring substituents is 2. The van der Waals surface area contributed by atoms with E-state index in [2.05, 4.69) is 51.1 Å². The number of nitrogens with zero attached hydrogens (tertiary/aromatic N) is 11. The van der Waals surface area contributed by atoms with Gasteiger partial charge < -0.3 is 55.6 Å². The van der Waals surface area contributed by atoms with E-state index in [1.54, 1.807) is 91.0 Å². The molecule has 13 aromatic carbocycles. The van der Waals surface area contributed by atoms with Crippen LogP contribution in [0.3, 0.4) is 0 Å². The Hall–Kier alpha value is -14.6. The lowest BCUT2D eigenvalue weighted by Crippen LogP contribution is -2.34. The quantitative estimate of drug-likeness (QED) is 0.0182. The van der Waals surface area contributed by atoms with Crippen molar-refractivity contribution in [3.63, 3.8) is 0 Å². The monoisotopic (exact) mass is 2120 g/mol. The van der Waals surface area contributed by atoms with Crippen molar-refractivity contribution in [2.24, 2.45) is 44.4 Å². The molecule has 0 bridgehead atoms. The van der Waals surface area contributed by atoms with Gasteiger partial charge in [0.25, 0.3) is 28.4 Å². The van der Waals surface area contributed by atoms with Crippen molar-refractivity contribution < 1.29 is 38.6 Å². The van der Waals surface area contributed by atoms with E-state index in [4.69, 9.17) is 120 Å². The Morgan fingerprint density at radius 1 is 0.338 bits per heavy atom. The number of halogens is 9. The molecule has 145 heavy (non-hydrogen) atoms. The molecule has 0 fully saturated rings. The number of nitrogen functional groups attached to an aromatic ring is 1. The van der Waals surface area contributed by atoms with Crippen LogP contribution in [-0.4, -0.2) is 92.8 Å². The highest BCUT2D eigenvalue weighted by atomic mass is 35.5. The van der Waals surface area contributed by atoms with E-state index in [1.807, 2.05) is 256 Å². The van der Waals surface area contributed by atoms with Gasteiger partial charge in [-0.15, -0.1) is 0 Å². The number of H-pyrrole nitrogens is 1. The minimum atomic E-state index is -0.607. The van der Waals surface area contributed by atoms with Crippen molar-refractivity contribution in [1.29, 1.82) is 0 Å². The summed E-state index contributed by atoms with van der Waals surface area (Å²) in [5.41, 5.74) is 22.4. The molecule has 18 aromatic rings. The van der Waals surface area contributed by atoms with E-state index in [9.17, 15) is 49.0 Å². The van der Waals surface area contributed by atoms with Gasteiger partial charge in [-0.2, -0.15) is 0 Å². The predicted molar refractivity (Wildman–Crippen MR) is 583 cm³/mol. The topological polar surface area (TPSA) is 375 Å². The fourth-order valence-electron chi connectivity index (χ4n) is 14.6. The molecule has 0 aliphatic carbocycles. The molecule has 0 unspecified atom stereocenters. The number of amides is 5. The first kappa shape index (κ1) is 108. The van der Waals surface area contributed by atoms with Crippen molar-refractivity contribution in [2.75, 3.05) is 16.4 Å². The maximum atomic E-state index is 13.0. The number of carbonyl (C=O) groups is 6. The van der Waals surface area contributed by atoms with Crippen LogP contribution in [0.15, 0.2) is 267 Å². The van der Waals surface area contributed by atoms with Gasteiger partial charge in [0, 0.05) is 158 Å². The number of aromatic nitrogens is 10. The summed E-state index contributed by atoms with van der Waals surface area (Å²) in [5, 5.41) is 39.6. The van der Waals surface area contributed by atoms with Crippen LogP contribution in [-0.2, 0) is 62.2 Å². The van der Waals surface area contributed by atoms with Gasteiger partial charge in [0.05, 0.1) is 96.8 Å². The van der Waals surface area contributed by atoms with E-state index < -0.39 is 31.3 Å². The lowest BCUT2D eigenvalue weighted by Gasteiger charge is -2.18. The Morgan fingerprint density at radius 3 is 0.959 bits per heavy atom. The highest BCUT2D eigenvalue weighted by Gasteiger charge is 2.27. The van der Waals surface area contributed by atoms with E-state index in [0.717, 1.165) is 117 Å². The van der Waals surface area contributed by atoms with Crippen molar-refractivity contribution in [1.82, 2.24) is 64.1 Å². The average molecular weight is 2130 g/mol. The van der Waals surface area contributed by atoms with Crippen LogP contribution < -0.4 is 32.3 Å². The summed E-state index contributed by atoms with van der Waals surface area (Å²) in [4.78, 5) is 120. The minimum absolute atomic E-state index is 0.0401. The molecular formula is C108H97Cl9N18O10. The lowest BCUT2D eigenvalue weighted by atomic mass is 9.95. The molecule has 5 aromatic heterocycles. The number of benzene rings is 13. The molecule has 0 spiro atoms. The van der Waals surface area contributed by atoms with Crippen LogP contribution in [0.5, 0.6) is 0 Å². The summed E-state index contributed by atoms with van der Waals surface area (Å²) in [6.07, 6.45) is 0. The van der Waals surface area contributed by atoms with Crippen molar-refractivity contribution in [3.05, 3.63) is 361 Å². The van der Waals surface area contributed by atoms with Gasteiger partial charge in [-0.3, -0.25) is 49.0 Å². The summed E-state index contributed by atoms with van der Waals surface area (Å²) in [6, 6.07) is 78.5. The molecule has 0 aliphatic rings. The van der Waals surface area contributed by atoms with Gasteiger partial charge in [0.15, 0.2) is 0 Å². The van der Waals surface area contributed by atoms with E-state index in [0.29, 0.717) is 99.7 Å². The largest absolute Gasteiger partial charge is 0.399 e. The zero-order chi connectivity index (χ0) is 105. The highest BCUT2D eigenvalue weighted by Crippen LogP contribution is 2.36. The first-order valence-corrected chi connectivity index (χ1v) is 48.2. The van der Waals surface area contributed by atoms with Gasteiger partial charge in [-0.25, -0.2) is 24.9 Å². The van der Waals surface area contributed by atoms with Gasteiger partial charge in [-0.1, -0.05) is 173 Å². The lowest BCUT2D eigenvalue weighted by molar-refractivity contribution is -0.384. The van der Waals surface area contributed by atoms with Gasteiger partial charge in [-0.05, 0) is 253 Å². The van der Waals surface area contributed by atoms with Crippen LogP contribution in [0.2, 0.25) is 40.2 Å². The maximum Gasteiger partial charge on any atom is 0.271 e. The van der Waals surface area contributed by atoms with Crippen LogP contribution in [0, 0.1) is 36.5 Å². The number of aryl methyl sites for hydroxylation is 4. The second kappa shape index (κ2) is 46.4. The SMILES string of the molecule is CC(C)(C)C(=O)NCc1ccc(Cl)c(C(=O)Cl)c1.Cn1c(-c2ccc(Cl)cc2)nc2cc(N)ccc21.Cn1c(-c2ccc(Cl)cc2)nc2cc(NC(=O)c3cc(CNC(=O)C(C)(C)C)ccc3Cl)ccc21.Cn1c(-c2ccc(Cl)cc2)nc2cc(NC(=O)c3cc(CNC(=O)C(C)(C)C)ccc3Cl)ccc21.Cn1c(-c2ccc(Cl)cc2)nc2cc([N+](=O)[O-])ccc21.O=[N+]([O-])c1ccc2nc(-c3ccc(Cl)cc3)[nH]c2c1. The number of anilines is 3. The molecule has 37 heteroatoms. The number of carbonyl (C=O) groups excluding carboxylic acids is 6. The number of nitrogens with two attached hydrogens (primary N) is 1. The molecule has 28 nitrogen and oxygen atoms in total. The van der Waals surface area contributed by atoms with E-state index in [-0.39, 0.29) is 46.5 Å². The zero-order valence-electron chi connectivity index (χ0n) is 80.5. The molecule has 0 saturated heterocycles. The first-order valence-electron chi connectivity index (χ1n) is 44.8. The smallest absolute Gasteiger partial charge is 0.271 e. The second-order valence-corrected chi connectivity index (χ2v) is 40.3. The molecule has 0 radical (unpaired) electrons. The van der Waals surface area contributed by atoms with Gasteiger partial charge in [0.2, 0.25) is 17.7 Å². The Bertz CT molecular complexity index is 7730. The number of non-ortho nitro benzene ring substituents is 2. The number of aromatic amines is 1. The summed E-state index contributed by atoms with van der Waals surface area (Å²) < 4.78 is 7.95. The van der Waals surface area contributed by atoms with Gasteiger partial charge >= 0.3 is 0 Å². The summed E-state index contributed by atoms with van der Waals surface area (Å²) in [6.45, 7) is 17.5. The summed E-state index contributed by atoms with van der Waals surface area (Å²) >= 11 is 53.5. The highest BCUT2D eigenvalue weighted by molar-refractivity contribution is 6.68. The Kier molecular flexibility index (Phi) is 34.5. The Labute approximate surface area is 879 Å². The molecule has 0 aliphatic heterocycles. The molecule has 0 atom stereocenters. The number of fused-ring (bicyclic) bond motifs is 5. The van der Waals surface area contributed by atoms with Crippen molar-refractivity contribution in [3.8, 4) is 56.9 Å². The molecule has 742 valence electrons. The molecule has 18 rings (SSSR count). The maximum absolute atomic E-state index is 13.0. The number of rotatable bonds is 18. The average Bonchev–Trinajstić information content (AvgIpc) is 1.62. The minimum Gasteiger partial charge on any atom is -0.399 e. The number of nitro groups is 2. The summed E-state index contributed by atoms with van der Waals surface area (Å²) in [7, 11) is 7.77. The number of imidazole rings is 5. The van der Waals surface area contributed by atoms with Crippen LogP contribution in [0.25, 0.3) is 112 Å². The normalized spacial score (nSPS) is 11.2. The standard InChI is InChI=1S/2C27H26Cl2N4O2.C14H10ClN3O2.C14H12ClN3.C13H15Cl2NO2.C13H8ClN3O2/c2*1-27(2,3)26(35)30-15-16-5-11-21(29)20(13-16)25(34)31-19-10-12-23-22(14-19)32-24(33(23)4)17-6-8-18(28)9-7-17;1-17-13-7-6-11(18(19)20)8-12(13)16-14(17)9-2-4-10(15)5-3-9;1-18-13-7-6-11(16)8-12(13)17-14(18)9-2-4-10(15)5-3-9;1-13(2,3)12(18)16-7-8-4-5-10(14)9(6-8)11(15)17;14-9-3-1-8(2-4-9)13-15-11-6-5-10(17(18)19)7-12(11)16-13/h2*5-14H,15H2,1-4H3,(H,30,35)(H,31,34);2-8H,1H3;2-8H,16H2,1H3;4-6H,7H2,1-3H3,(H,16,18);1-7H,(H,15,16). The molecular weight excluding hydrogens is 2030 g/mol. The molecule has 0 saturated carbocycles. The van der Waals surface area contributed by atoms with E-state index >= 15 is 0 Å². The first-order chi connectivity index (χ1) is 68.6. The fourth-order valence-corrected chi connectivity index (χ4v) is 16.1. The van der Waals surface area contributed by atoms with Crippen molar-refractivity contribution >= 4 is 223 Å². The molecule has 8 N–H and O–H groups in total. The summed E-state index contributed by atoms with van der Waals surface area (Å²) in [5.74, 6) is 3.04. The number of hydrogen-bond acceptors (Lipinski definition) is 16. The number of hydrogen-bond donors (Lipinski definition) is 7. The zero-order valence-corrected chi connectivity index (χ0v) is 87.3. The van der Waals surface area contributed by atoms with Crippen LogP contribution >= 0.6 is 104 Å². The molecule has 5 amide bonds. The van der Waals surface area contributed by atoms with Crippen LogP contribution in [0.4, 0.5) is 28.4 Å². The molecule has 5 heterocycles. The second-order valence-electron chi connectivity index (χ2n) is 36.6. The predicted octanol–water partition coefficient (Wildman–Crippen LogP) is 27.4.